The monoisotopic (exact) mass is 211 g/mol. The fourth-order valence-electron chi connectivity index (χ4n) is 1.85. The number of amidine groups is 1. The van der Waals surface area contributed by atoms with E-state index in [4.69, 9.17) is 5.73 Å². The van der Waals surface area contributed by atoms with Crippen LogP contribution in [0.2, 0.25) is 0 Å². The third kappa shape index (κ3) is 1.85. The average Bonchev–Trinajstić information content (AvgIpc) is 2.30. The summed E-state index contributed by atoms with van der Waals surface area (Å²) in [6.07, 6.45) is 0. The molecular weight excluding hydrogens is 190 g/mol. The zero-order chi connectivity index (χ0) is 11.8. The Bertz CT molecular complexity index is 296. The second-order valence-corrected chi connectivity index (χ2v) is 5.09. The molecule has 0 aliphatic carbocycles. The van der Waals surface area contributed by atoms with Crippen molar-refractivity contribution < 1.29 is 4.79 Å². The van der Waals surface area contributed by atoms with Crippen LogP contribution in [-0.2, 0) is 0 Å². The zero-order valence-electron chi connectivity index (χ0n) is 10.2. The van der Waals surface area contributed by atoms with Gasteiger partial charge < -0.3 is 10.6 Å². The number of aliphatic imine (C=N–C) groups is 1. The Balaban J connectivity index is 3.00. The molecule has 0 saturated carbocycles. The van der Waals surface area contributed by atoms with Gasteiger partial charge in [-0.05, 0) is 18.8 Å². The quantitative estimate of drug-likeness (QED) is 0.774. The van der Waals surface area contributed by atoms with Crippen LogP contribution in [0.25, 0.3) is 0 Å². The minimum absolute atomic E-state index is 0.197. The molecule has 0 saturated heterocycles. The predicted molar refractivity (Wildman–Crippen MR) is 61.8 cm³/mol. The number of hydrogen-bond acceptors (Lipinski definition) is 2. The lowest BCUT2D eigenvalue weighted by atomic mass is 9.86. The molecular formula is C11H21N3O. The van der Waals surface area contributed by atoms with E-state index in [2.05, 4.69) is 32.7 Å². The Labute approximate surface area is 91.5 Å². The normalized spacial score (nSPS) is 26.7. The lowest BCUT2D eigenvalue weighted by Crippen LogP contribution is -2.56. The highest BCUT2D eigenvalue weighted by Gasteiger charge is 2.46. The molecule has 1 atom stereocenters. The fourth-order valence-corrected chi connectivity index (χ4v) is 1.85. The third-order valence-electron chi connectivity index (χ3n) is 3.20. The van der Waals surface area contributed by atoms with E-state index in [0.29, 0.717) is 18.3 Å². The lowest BCUT2D eigenvalue weighted by Gasteiger charge is -2.39. The molecule has 0 spiro atoms. The van der Waals surface area contributed by atoms with E-state index >= 15 is 0 Å². The van der Waals surface area contributed by atoms with Crippen LogP contribution in [-0.4, -0.2) is 28.9 Å². The van der Waals surface area contributed by atoms with Crippen molar-refractivity contribution in [3.8, 4) is 0 Å². The molecule has 1 unspecified atom stereocenters. The van der Waals surface area contributed by atoms with E-state index in [1.807, 2.05) is 6.92 Å². The number of rotatable bonds is 3. The van der Waals surface area contributed by atoms with Crippen molar-refractivity contribution in [1.29, 1.82) is 0 Å². The van der Waals surface area contributed by atoms with E-state index in [1.165, 1.54) is 0 Å². The van der Waals surface area contributed by atoms with Crippen molar-refractivity contribution in [2.24, 2.45) is 22.6 Å². The molecule has 86 valence electrons. The van der Waals surface area contributed by atoms with E-state index in [1.54, 1.807) is 4.90 Å². The first-order valence-corrected chi connectivity index (χ1v) is 5.46. The summed E-state index contributed by atoms with van der Waals surface area (Å²) < 4.78 is 0. The van der Waals surface area contributed by atoms with Gasteiger partial charge in [0.15, 0.2) is 0 Å². The molecule has 0 fully saturated rings. The minimum Gasteiger partial charge on any atom is -0.385 e. The highest BCUT2D eigenvalue weighted by atomic mass is 16.2. The fraction of sp³-hybridized carbons (Fsp3) is 0.818. The van der Waals surface area contributed by atoms with Crippen molar-refractivity contribution in [1.82, 2.24) is 4.90 Å². The molecule has 0 bridgehead atoms. The van der Waals surface area contributed by atoms with E-state index < -0.39 is 5.54 Å². The smallest absolute Gasteiger partial charge is 0.346 e. The number of nitrogens with two attached hydrogens (primary N) is 1. The van der Waals surface area contributed by atoms with Crippen LogP contribution in [0, 0.1) is 11.8 Å². The van der Waals surface area contributed by atoms with Crippen LogP contribution < -0.4 is 5.73 Å². The van der Waals surface area contributed by atoms with Crippen LogP contribution >= 0.6 is 0 Å². The highest BCUT2D eigenvalue weighted by Crippen LogP contribution is 2.31. The van der Waals surface area contributed by atoms with Gasteiger partial charge in [0.05, 0.1) is 0 Å². The van der Waals surface area contributed by atoms with Gasteiger partial charge in [-0.1, -0.05) is 27.7 Å². The SMILES string of the molecule is CC(C)CN1C(=O)N=C(N)C1(C)C(C)C. The predicted octanol–water partition coefficient (Wildman–Crippen LogP) is 1.85. The summed E-state index contributed by atoms with van der Waals surface area (Å²) >= 11 is 0. The standard InChI is InChI=1S/C11H21N3O/c1-7(2)6-14-10(15)13-9(12)11(14,5)8(3)4/h7-8H,6H2,1-5H3,(H2,12,13,15). The van der Waals surface area contributed by atoms with Gasteiger partial charge >= 0.3 is 6.03 Å². The summed E-state index contributed by atoms with van der Waals surface area (Å²) in [5, 5.41) is 0. The highest BCUT2D eigenvalue weighted by molar-refractivity contribution is 6.05. The lowest BCUT2D eigenvalue weighted by molar-refractivity contribution is 0.141. The average molecular weight is 211 g/mol. The third-order valence-corrected chi connectivity index (χ3v) is 3.20. The summed E-state index contributed by atoms with van der Waals surface area (Å²) in [4.78, 5) is 17.4. The largest absolute Gasteiger partial charge is 0.385 e. The van der Waals surface area contributed by atoms with Gasteiger partial charge in [0.25, 0.3) is 0 Å². The molecule has 1 aliphatic heterocycles. The molecule has 0 aromatic heterocycles. The summed E-state index contributed by atoms with van der Waals surface area (Å²) in [5.41, 5.74) is 5.44. The summed E-state index contributed by atoms with van der Waals surface area (Å²) in [5.74, 6) is 1.14. The van der Waals surface area contributed by atoms with Gasteiger partial charge in [0, 0.05) is 6.54 Å². The number of urea groups is 1. The van der Waals surface area contributed by atoms with Crippen molar-refractivity contribution in [3.05, 3.63) is 0 Å². The molecule has 15 heavy (non-hydrogen) atoms. The maximum absolute atomic E-state index is 11.7. The Morgan fingerprint density at radius 3 is 2.33 bits per heavy atom. The number of nitrogens with zero attached hydrogens (tertiary/aromatic N) is 2. The number of carbonyl (C=O) groups excluding carboxylic acids is 1. The topological polar surface area (TPSA) is 58.7 Å². The zero-order valence-corrected chi connectivity index (χ0v) is 10.2. The van der Waals surface area contributed by atoms with Crippen molar-refractivity contribution >= 4 is 11.9 Å². The van der Waals surface area contributed by atoms with Gasteiger partial charge in [0.1, 0.15) is 11.4 Å². The van der Waals surface area contributed by atoms with E-state index in [0.717, 1.165) is 0 Å². The van der Waals surface area contributed by atoms with Gasteiger partial charge in [-0.2, -0.15) is 4.99 Å². The Kier molecular flexibility index (Phi) is 3.07. The second-order valence-electron chi connectivity index (χ2n) is 5.09. The van der Waals surface area contributed by atoms with Crippen LogP contribution in [0.5, 0.6) is 0 Å². The number of hydrogen-bond donors (Lipinski definition) is 1. The Hall–Kier alpha value is -1.06. The summed E-state index contributed by atoms with van der Waals surface area (Å²) in [6.45, 7) is 11.0. The number of carbonyl (C=O) groups is 1. The molecule has 4 heteroatoms. The first kappa shape index (κ1) is 12.0. The second kappa shape index (κ2) is 3.83. The van der Waals surface area contributed by atoms with E-state index in [9.17, 15) is 4.79 Å². The maximum atomic E-state index is 11.7. The van der Waals surface area contributed by atoms with Crippen molar-refractivity contribution in [2.45, 2.75) is 40.2 Å². The molecule has 1 aliphatic rings. The molecule has 0 radical (unpaired) electrons. The van der Waals surface area contributed by atoms with Crippen LogP contribution in [0.15, 0.2) is 4.99 Å². The Morgan fingerprint density at radius 1 is 1.40 bits per heavy atom. The van der Waals surface area contributed by atoms with Crippen molar-refractivity contribution in [2.75, 3.05) is 6.54 Å². The molecule has 0 aromatic carbocycles. The van der Waals surface area contributed by atoms with E-state index in [-0.39, 0.29) is 11.9 Å². The molecule has 2 amide bonds. The summed E-state index contributed by atoms with van der Waals surface area (Å²) in [7, 11) is 0. The minimum atomic E-state index is -0.415. The van der Waals surface area contributed by atoms with Crippen molar-refractivity contribution in [3.63, 3.8) is 0 Å². The number of amides is 2. The first-order chi connectivity index (χ1) is 6.80. The Morgan fingerprint density at radius 2 is 1.93 bits per heavy atom. The first-order valence-electron chi connectivity index (χ1n) is 5.46. The van der Waals surface area contributed by atoms with Crippen LogP contribution in [0.1, 0.15) is 34.6 Å². The summed E-state index contributed by atoms with van der Waals surface area (Å²) in [6, 6.07) is -0.197. The van der Waals surface area contributed by atoms with Crippen LogP contribution in [0.3, 0.4) is 0 Å². The van der Waals surface area contributed by atoms with Crippen LogP contribution in [0.4, 0.5) is 4.79 Å². The molecule has 4 nitrogen and oxygen atoms in total. The molecule has 1 rings (SSSR count). The van der Waals surface area contributed by atoms with Gasteiger partial charge in [-0.3, -0.25) is 0 Å². The van der Waals surface area contributed by atoms with Gasteiger partial charge in [-0.15, -0.1) is 0 Å². The van der Waals surface area contributed by atoms with Gasteiger partial charge in [0.2, 0.25) is 0 Å². The molecule has 2 N–H and O–H groups in total. The maximum Gasteiger partial charge on any atom is 0.346 e. The molecule has 1 heterocycles. The molecule has 0 aromatic rings. The van der Waals surface area contributed by atoms with Gasteiger partial charge in [-0.25, -0.2) is 4.79 Å².